The minimum Gasteiger partial charge on any atom is -0.198 e. The first-order chi connectivity index (χ1) is 7.29. The molecule has 0 saturated carbocycles. The van der Waals surface area contributed by atoms with Crippen molar-refractivity contribution in [2.24, 2.45) is 0 Å². The van der Waals surface area contributed by atoms with Crippen molar-refractivity contribution in [2.75, 3.05) is 0 Å². The predicted molar refractivity (Wildman–Crippen MR) is 66.8 cm³/mol. The first-order valence-electron chi connectivity index (χ1n) is 4.50. The molecular weight excluding hydrogens is 270 g/mol. The summed E-state index contributed by atoms with van der Waals surface area (Å²) in [6.07, 6.45) is 0.493. The van der Waals surface area contributed by atoms with Crippen LogP contribution >= 0.6 is 27.3 Å². The summed E-state index contributed by atoms with van der Waals surface area (Å²) in [5, 5.41) is 10.6. The molecule has 15 heavy (non-hydrogen) atoms. The van der Waals surface area contributed by atoms with E-state index in [2.05, 4.69) is 40.2 Å². The van der Waals surface area contributed by atoms with E-state index in [1.807, 2.05) is 17.5 Å². The Bertz CT molecular complexity index is 493. The minimum absolute atomic E-state index is 0.493. The predicted octanol–water partition coefficient (Wildman–Crippen LogP) is 4.24. The van der Waals surface area contributed by atoms with Gasteiger partial charge < -0.3 is 0 Å². The zero-order chi connectivity index (χ0) is 10.7. The molecule has 0 bridgehead atoms. The van der Waals surface area contributed by atoms with Crippen LogP contribution in [0.2, 0.25) is 0 Å². The van der Waals surface area contributed by atoms with Crippen LogP contribution in [0.25, 0.3) is 10.4 Å². The molecule has 0 spiro atoms. The molecule has 0 unspecified atom stereocenters. The number of rotatable bonds is 2. The summed E-state index contributed by atoms with van der Waals surface area (Å²) in [6.45, 7) is 0. The molecule has 0 aliphatic carbocycles. The summed E-state index contributed by atoms with van der Waals surface area (Å²) in [5.74, 6) is 0. The first kappa shape index (κ1) is 10.4. The molecule has 2 aromatic rings. The lowest BCUT2D eigenvalue weighted by Crippen LogP contribution is -1.74. The molecule has 0 aliphatic rings. The molecule has 1 heterocycles. The number of nitriles is 1. The van der Waals surface area contributed by atoms with Crippen LogP contribution in [-0.2, 0) is 6.42 Å². The van der Waals surface area contributed by atoms with Crippen LogP contribution in [0.5, 0.6) is 0 Å². The highest BCUT2D eigenvalue weighted by molar-refractivity contribution is 9.10. The molecule has 0 radical (unpaired) electrons. The van der Waals surface area contributed by atoms with E-state index in [0.29, 0.717) is 6.42 Å². The third kappa shape index (κ3) is 2.47. The second-order valence-corrected chi connectivity index (χ2v) is 4.99. The zero-order valence-electron chi connectivity index (χ0n) is 7.90. The van der Waals surface area contributed by atoms with Gasteiger partial charge in [-0.15, -0.1) is 11.3 Å². The summed E-state index contributed by atoms with van der Waals surface area (Å²) in [4.78, 5) is 1.22. The van der Waals surface area contributed by atoms with E-state index >= 15 is 0 Å². The van der Waals surface area contributed by atoms with Gasteiger partial charge in [-0.2, -0.15) is 5.26 Å². The van der Waals surface area contributed by atoms with Crippen molar-refractivity contribution in [1.82, 2.24) is 0 Å². The van der Waals surface area contributed by atoms with Crippen LogP contribution in [0.1, 0.15) is 5.56 Å². The van der Waals surface area contributed by atoms with Crippen molar-refractivity contribution >= 4 is 27.3 Å². The molecule has 0 atom stereocenters. The van der Waals surface area contributed by atoms with E-state index in [9.17, 15) is 0 Å². The normalized spacial score (nSPS) is 9.87. The molecule has 2 rings (SSSR count). The van der Waals surface area contributed by atoms with E-state index < -0.39 is 0 Å². The van der Waals surface area contributed by atoms with Gasteiger partial charge in [0.2, 0.25) is 0 Å². The van der Waals surface area contributed by atoms with Gasteiger partial charge in [-0.3, -0.25) is 0 Å². The fourth-order valence-electron chi connectivity index (χ4n) is 1.33. The second-order valence-electron chi connectivity index (χ2n) is 3.16. The average molecular weight is 278 g/mol. The van der Waals surface area contributed by atoms with Gasteiger partial charge in [0.25, 0.3) is 0 Å². The highest BCUT2D eigenvalue weighted by Gasteiger charge is 2.01. The van der Waals surface area contributed by atoms with Crippen LogP contribution in [-0.4, -0.2) is 0 Å². The SMILES string of the molecule is N#CCc1csc(-c2ccc(Br)cc2)c1. The van der Waals surface area contributed by atoms with Crippen LogP contribution in [0.3, 0.4) is 0 Å². The van der Waals surface area contributed by atoms with Gasteiger partial charge in [-0.1, -0.05) is 28.1 Å². The fraction of sp³-hybridized carbons (Fsp3) is 0.0833. The highest BCUT2D eigenvalue weighted by atomic mass is 79.9. The van der Waals surface area contributed by atoms with Gasteiger partial charge in [-0.05, 0) is 34.7 Å². The smallest absolute Gasteiger partial charge is 0.0670 e. The fourth-order valence-corrected chi connectivity index (χ4v) is 2.51. The monoisotopic (exact) mass is 277 g/mol. The second kappa shape index (κ2) is 4.61. The van der Waals surface area contributed by atoms with Crippen molar-refractivity contribution in [3.05, 3.63) is 45.7 Å². The van der Waals surface area contributed by atoms with Crippen molar-refractivity contribution in [3.63, 3.8) is 0 Å². The van der Waals surface area contributed by atoms with E-state index in [0.717, 1.165) is 10.0 Å². The molecule has 3 heteroatoms. The minimum atomic E-state index is 0.493. The first-order valence-corrected chi connectivity index (χ1v) is 6.17. The van der Waals surface area contributed by atoms with Crippen LogP contribution in [0, 0.1) is 11.3 Å². The quantitative estimate of drug-likeness (QED) is 0.805. The zero-order valence-corrected chi connectivity index (χ0v) is 10.3. The Morgan fingerprint density at radius 2 is 2.00 bits per heavy atom. The maximum atomic E-state index is 8.58. The molecule has 0 amide bonds. The Labute approximate surface area is 101 Å². The Kier molecular flexibility index (Phi) is 3.20. The lowest BCUT2D eigenvalue weighted by molar-refractivity contribution is 1.29. The molecule has 74 valence electrons. The maximum absolute atomic E-state index is 8.58. The standard InChI is InChI=1S/C12H8BrNS/c13-11-3-1-10(2-4-11)12-7-9(5-6-14)8-15-12/h1-4,7-8H,5H2. The number of hydrogen-bond acceptors (Lipinski definition) is 2. The topological polar surface area (TPSA) is 23.8 Å². The van der Waals surface area contributed by atoms with Crippen LogP contribution in [0.15, 0.2) is 40.2 Å². The summed E-state index contributed by atoms with van der Waals surface area (Å²) in [7, 11) is 0. The summed E-state index contributed by atoms with van der Waals surface area (Å²) >= 11 is 5.09. The Balaban J connectivity index is 2.30. The molecule has 0 aliphatic heterocycles. The summed E-state index contributed by atoms with van der Waals surface area (Å²) in [6, 6.07) is 12.4. The summed E-state index contributed by atoms with van der Waals surface area (Å²) < 4.78 is 1.08. The Hall–Kier alpha value is -1.11. The van der Waals surface area contributed by atoms with Crippen molar-refractivity contribution in [2.45, 2.75) is 6.42 Å². The molecule has 1 aromatic carbocycles. The Morgan fingerprint density at radius 1 is 1.27 bits per heavy atom. The number of benzene rings is 1. The van der Waals surface area contributed by atoms with Crippen molar-refractivity contribution in [3.8, 4) is 16.5 Å². The molecule has 1 aromatic heterocycles. The van der Waals surface area contributed by atoms with E-state index in [-0.39, 0.29) is 0 Å². The molecule has 1 nitrogen and oxygen atoms in total. The van der Waals surface area contributed by atoms with Gasteiger partial charge in [0.05, 0.1) is 12.5 Å². The molecule has 0 saturated heterocycles. The van der Waals surface area contributed by atoms with Crippen LogP contribution in [0.4, 0.5) is 0 Å². The maximum Gasteiger partial charge on any atom is 0.0670 e. The van der Waals surface area contributed by atoms with Crippen LogP contribution < -0.4 is 0 Å². The molecule has 0 fully saturated rings. The Morgan fingerprint density at radius 3 is 2.67 bits per heavy atom. The van der Waals surface area contributed by atoms with Crippen molar-refractivity contribution < 1.29 is 0 Å². The third-order valence-corrected chi connectivity index (χ3v) is 3.62. The van der Waals surface area contributed by atoms with Gasteiger partial charge in [0.15, 0.2) is 0 Å². The van der Waals surface area contributed by atoms with E-state index in [1.54, 1.807) is 11.3 Å². The number of thiophene rings is 1. The lowest BCUT2D eigenvalue weighted by Gasteiger charge is -1.96. The summed E-state index contributed by atoms with van der Waals surface area (Å²) in [5.41, 5.74) is 2.30. The van der Waals surface area contributed by atoms with Gasteiger partial charge in [-0.25, -0.2) is 0 Å². The van der Waals surface area contributed by atoms with Gasteiger partial charge >= 0.3 is 0 Å². The number of nitrogens with zero attached hydrogens (tertiary/aromatic N) is 1. The van der Waals surface area contributed by atoms with Gasteiger partial charge in [0, 0.05) is 9.35 Å². The van der Waals surface area contributed by atoms with E-state index in [1.165, 1.54) is 10.4 Å². The third-order valence-electron chi connectivity index (χ3n) is 2.07. The average Bonchev–Trinajstić information content (AvgIpc) is 2.68. The molecular formula is C12H8BrNS. The highest BCUT2D eigenvalue weighted by Crippen LogP contribution is 2.28. The van der Waals surface area contributed by atoms with Crippen molar-refractivity contribution in [1.29, 1.82) is 5.26 Å². The lowest BCUT2D eigenvalue weighted by atomic mass is 10.1. The largest absolute Gasteiger partial charge is 0.198 e. The van der Waals surface area contributed by atoms with Gasteiger partial charge in [0.1, 0.15) is 0 Å². The molecule has 0 N–H and O–H groups in total. The van der Waals surface area contributed by atoms with E-state index in [4.69, 9.17) is 5.26 Å². The number of halogens is 1. The number of hydrogen-bond donors (Lipinski definition) is 0.